The fraction of sp³-hybridized carbons (Fsp3) is 0.625. The second-order valence-corrected chi connectivity index (χ2v) is 6.88. The highest BCUT2D eigenvalue weighted by Crippen LogP contribution is 2.29. The maximum Gasteiger partial charge on any atom is 0.0377 e. The van der Waals surface area contributed by atoms with E-state index < -0.39 is 0 Å². The summed E-state index contributed by atoms with van der Waals surface area (Å²) >= 11 is 5.64. The minimum Gasteiger partial charge on any atom is -0.371 e. The molecule has 4 heteroatoms. The monoisotopic (exact) mass is 358 g/mol. The van der Waals surface area contributed by atoms with Crippen LogP contribution in [-0.4, -0.2) is 31.6 Å². The molecule has 0 aromatic heterocycles. The van der Waals surface area contributed by atoms with Crippen LogP contribution in [0.3, 0.4) is 0 Å². The summed E-state index contributed by atoms with van der Waals surface area (Å²) in [6, 6.07) is 7.67. The molecule has 2 unspecified atom stereocenters. The van der Waals surface area contributed by atoms with Crippen molar-refractivity contribution in [3.63, 3.8) is 0 Å². The number of hydrogen-bond acceptors (Lipinski definition) is 3. The standard InChI is InChI=1S/C16H27BrN2S/c1-6-13(11-20-5)19(4)14-8-9-15(16(17)10-14)12(3)18-7-2/h8-10,12-13,18H,6-7,11H2,1-5H3. The van der Waals surface area contributed by atoms with Crippen LogP contribution < -0.4 is 10.2 Å². The van der Waals surface area contributed by atoms with Crippen molar-refractivity contribution >= 4 is 33.4 Å². The summed E-state index contributed by atoms with van der Waals surface area (Å²) in [5.41, 5.74) is 2.60. The average molecular weight is 359 g/mol. The Morgan fingerprint density at radius 1 is 1.35 bits per heavy atom. The Kier molecular flexibility index (Phi) is 8.00. The number of halogens is 1. The number of benzene rings is 1. The van der Waals surface area contributed by atoms with Gasteiger partial charge in [0.15, 0.2) is 0 Å². The van der Waals surface area contributed by atoms with Crippen LogP contribution in [0.15, 0.2) is 22.7 Å². The van der Waals surface area contributed by atoms with Crippen LogP contribution in [0.4, 0.5) is 5.69 Å². The van der Waals surface area contributed by atoms with Crippen LogP contribution in [0, 0.1) is 0 Å². The first-order valence-corrected chi connectivity index (χ1v) is 9.48. The third-order valence-corrected chi connectivity index (χ3v) is 5.15. The molecule has 0 saturated carbocycles. The highest BCUT2D eigenvalue weighted by molar-refractivity contribution is 9.10. The van der Waals surface area contributed by atoms with Crippen molar-refractivity contribution in [1.82, 2.24) is 5.32 Å². The van der Waals surface area contributed by atoms with Crippen molar-refractivity contribution < 1.29 is 0 Å². The van der Waals surface area contributed by atoms with Crippen LogP contribution in [0.5, 0.6) is 0 Å². The first-order chi connectivity index (χ1) is 9.54. The second-order valence-electron chi connectivity index (χ2n) is 5.11. The highest BCUT2D eigenvalue weighted by Gasteiger charge is 2.15. The van der Waals surface area contributed by atoms with Crippen LogP contribution in [0.25, 0.3) is 0 Å². The zero-order valence-corrected chi connectivity index (χ0v) is 15.6. The van der Waals surface area contributed by atoms with Crippen molar-refractivity contribution in [3.05, 3.63) is 28.2 Å². The van der Waals surface area contributed by atoms with Gasteiger partial charge in [-0.2, -0.15) is 11.8 Å². The minimum atomic E-state index is 0.377. The molecule has 2 nitrogen and oxygen atoms in total. The molecule has 1 rings (SSSR count). The summed E-state index contributed by atoms with van der Waals surface area (Å²) in [6.07, 6.45) is 3.35. The van der Waals surface area contributed by atoms with E-state index in [1.807, 2.05) is 11.8 Å². The van der Waals surface area contributed by atoms with Gasteiger partial charge in [0.1, 0.15) is 0 Å². The largest absolute Gasteiger partial charge is 0.371 e. The summed E-state index contributed by atoms with van der Waals surface area (Å²) in [6.45, 7) is 7.59. The normalized spacial score (nSPS) is 14.1. The lowest BCUT2D eigenvalue weighted by Gasteiger charge is -2.29. The Balaban J connectivity index is 2.90. The molecule has 0 amide bonds. The van der Waals surface area contributed by atoms with Gasteiger partial charge in [-0.15, -0.1) is 0 Å². The Hall–Kier alpha value is -0.190. The van der Waals surface area contributed by atoms with Gasteiger partial charge in [-0.3, -0.25) is 0 Å². The molecule has 0 heterocycles. The maximum atomic E-state index is 3.72. The minimum absolute atomic E-state index is 0.377. The molecule has 0 aliphatic heterocycles. The van der Waals surface area contributed by atoms with Crippen molar-refractivity contribution in [2.75, 3.05) is 30.5 Å². The van der Waals surface area contributed by atoms with Gasteiger partial charge in [0.25, 0.3) is 0 Å². The molecule has 2 atom stereocenters. The molecule has 0 spiro atoms. The quantitative estimate of drug-likeness (QED) is 0.724. The van der Waals surface area contributed by atoms with Gasteiger partial charge in [-0.05, 0) is 43.8 Å². The Bertz CT molecular complexity index is 411. The molecule has 1 aromatic rings. The fourth-order valence-electron chi connectivity index (χ4n) is 2.41. The van der Waals surface area contributed by atoms with E-state index in [4.69, 9.17) is 0 Å². The molecule has 0 saturated heterocycles. The van der Waals surface area contributed by atoms with Crippen molar-refractivity contribution in [1.29, 1.82) is 0 Å². The van der Waals surface area contributed by atoms with E-state index in [0.717, 1.165) is 6.54 Å². The van der Waals surface area contributed by atoms with E-state index in [1.165, 1.54) is 27.9 Å². The van der Waals surface area contributed by atoms with Gasteiger partial charge in [0.05, 0.1) is 0 Å². The van der Waals surface area contributed by atoms with E-state index >= 15 is 0 Å². The van der Waals surface area contributed by atoms with Gasteiger partial charge in [0.2, 0.25) is 0 Å². The number of thioether (sulfide) groups is 1. The SMILES string of the molecule is CCNC(C)c1ccc(N(C)C(CC)CSC)cc1Br. The average Bonchev–Trinajstić information content (AvgIpc) is 2.44. The van der Waals surface area contributed by atoms with Gasteiger partial charge < -0.3 is 10.2 Å². The lowest BCUT2D eigenvalue weighted by atomic mass is 10.1. The maximum absolute atomic E-state index is 3.72. The second kappa shape index (κ2) is 8.96. The van der Waals surface area contributed by atoms with Gasteiger partial charge >= 0.3 is 0 Å². The zero-order chi connectivity index (χ0) is 15.1. The third-order valence-electron chi connectivity index (χ3n) is 3.75. The van der Waals surface area contributed by atoms with Crippen LogP contribution in [0.1, 0.15) is 38.8 Å². The zero-order valence-electron chi connectivity index (χ0n) is 13.2. The fourth-order valence-corrected chi connectivity index (χ4v) is 3.96. The lowest BCUT2D eigenvalue weighted by molar-refractivity contribution is 0.595. The van der Waals surface area contributed by atoms with Crippen molar-refractivity contribution in [2.24, 2.45) is 0 Å². The molecule has 1 aromatic carbocycles. The predicted octanol–water partition coefficient (Wildman–Crippen LogP) is 4.70. The smallest absolute Gasteiger partial charge is 0.0377 e. The van der Waals surface area contributed by atoms with Crippen LogP contribution in [-0.2, 0) is 0 Å². The molecular weight excluding hydrogens is 332 g/mol. The van der Waals surface area contributed by atoms with E-state index in [0.29, 0.717) is 12.1 Å². The molecule has 0 aliphatic rings. The number of nitrogens with zero attached hydrogens (tertiary/aromatic N) is 1. The van der Waals surface area contributed by atoms with Gasteiger partial charge in [-0.25, -0.2) is 0 Å². The van der Waals surface area contributed by atoms with E-state index in [1.54, 1.807) is 0 Å². The summed E-state index contributed by atoms with van der Waals surface area (Å²) in [7, 11) is 2.19. The topological polar surface area (TPSA) is 15.3 Å². The van der Waals surface area contributed by atoms with Crippen LogP contribution >= 0.6 is 27.7 Å². The summed E-state index contributed by atoms with van der Waals surface area (Å²) in [5.74, 6) is 1.17. The molecule has 20 heavy (non-hydrogen) atoms. The predicted molar refractivity (Wildman–Crippen MR) is 97.1 cm³/mol. The first kappa shape index (κ1) is 17.9. The molecule has 1 N–H and O–H groups in total. The van der Waals surface area contributed by atoms with E-state index in [2.05, 4.69) is 78.4 Å². The molecule has 0 fully saturated rings. The van der Waals surface area contributed by atoms with E-state index in [-0.39, 0.29) is 0 Å². The Morgan fingerprint density at radius 2 is 2.05 bits per heavy atom. The summed E-state index contributed by atoms with van der Waals surface area (Å²) in [5, 5.41) is 3.46. The molecule has 0 radical (unpaired) electrons. The number of rotatable bonds is 8. The van der Waals surface area contributed by atoms with Gasteiger partial charge in [-0.1, -0.05) is 35.8 Å². The highest BCUT2D eigenvalue weighted by atomic mass is 79.9. The summed E-state index contributed by atoms with van der Waals surface area (Å²) in [4.78, 5) is 2.39. The van der Waals surface area contributed by atoms with Gasteiger partial charge in [0, 0.05) is 35.0 Å². The van der Waals surface area contributed by atoms with Crippen molar-refractivity contribution in [2.45, 2.75) is 39.3 Å². The van der Waals surface area contributed by atoms with Crippen molar-refractivity contribution in [3.8, 4) is 0 Å². The Labute approximate surface area is 136 Å². The third kappa shape index (κ3) is 4.68. The Morgan fingerprint density at radius 3 is 2.55 bits per heavy atom. The number of hydrogen-bond donors (Lipinski definition) is 1. The molecular formula is C16H27BrN2S. The summed E-state index contributed by atoms with van der Waals surface area (Å²) < 4.78 is 1.19. The number of anilines is 1. The molecule has 0 aliphatic carbocycles. The first-order valence-electron chi connectivity index (χ1n) is 7.29. The van der Waals surface area contributed by atoms with Crippen LogP contribution in [0.2, 0.25) is 0 Å². The van der Waals surface area contributed by atoms with E-state index in [9.17, 15) is 0 Å². The lowest BCUT2D eigenvalue weighted by Crippen LogP contribution is -2.33. The number of nitrogens with one attached hydrogen (secondary N) is 1. The molecule has 114 valence electrons. The molecule has 0 bridgehead atoms.